The van der Waals surface area contributed by atoms with Crippen LogP contribution in [0.15, 0.2) is 59.6 Å². The molecule has 0 aromatic heterocycles. The maximum absolute atomic E-state index is 5.95. The molecular weight excluding hydrogens is 250 g/mol. The number of fused-ring (bicyclic) bond motifs is 1. The summed E-state index contributed by atoms with van der Waals surface area (Å²) in [4.78, 5) is 4.48. The van der Waals surface area contributed by atoms with E-state index in [1.807, 2.05) is 43.3 Å². The van der Waals surface area contributed by atoms with Gasteiger partial charge in [-0.2, -0.15) is 4.99 Å². The highest BCUT2D eigenvalue weighted by Crippen LogP contribution is 2.31. The second kappa shape index (κ2) is 5.78. The summed E-state index contributed by atoms with van der Waals surface area (Å²) < 4.78 is 11.4. The lowest BCUT2D eigenvalue weighted by atomic mass is 10.0. The largest absolute Gasteiger partial charge is 0.451 e. The zero-order valence-electron chi connectivity index (χ0n) is 11.5. The number of nitrogens with zero attached hydrogens (tertiary/aromatic N) is 1. The first-order valence-corrected chi connectivity index (χ1v) is 6.88. The number of hydrogen-bond acceptors (Lipinski definition) is 3. The van der Waals surface area contributed by atoms with Crippen molar-refractivity contribution in [2.45, 2.75) is 19.4 Å². The highest BCUT2D eigenvalue weighted by Gasteiger charge is 2.22. The Morgan fingerprint density at radius 3 is 2.65 bits per heavy atom. The van der Waals surface area contributed by atoms with E-state index in [4.69, 9.17) is 9.47 Å². The van der Waals surface area contributed by atoms with Crippen molar-refractivity contribution in [2.75, 3.05) is 6.61 Å². The van der Waals surface area contributed by atoms with Gasteiger partial charge in [-0.15, -0.1) is 0 Å². The molecule has 0 amide bonds. The van der Waals surface area contributed by atoms with E-state index >= 15 is 0 Å². The van der Waals surface area contributed by atoms with Crippen molar-refractivity contribution in [3.8, 4) is 0 Å². The predicted octanol–water partition coefficient (Wildman–Crippen LogP) is 4.02. The molecule has 0 saturated carbocycles. The van der Waals surface area contributed by atoms with Crippen molar-refractivity contribution in [1.29, 1.82) is 0 Å². The molecule has 1 aliphatic rings. The van der Waals surface area contributed by atoms with Crippen LogP contribution in [-0.4, -0.2) is 12.7 Å². The fourth-order valence-corrected chi connectivity index (χ4v) is 2.32. The Balaban J connectivity index is 1.98. The lowest BCUT2D eigenvalue weighted by Gasteiger charge is -2.17. The fourth-order valence-electron chi connectivity index (χ4n) is 2.32. The van der Waals surface area contributed by atoms with Crippen molar-refractivity contribution in [1.82, 2.24) is 0 Å². The Hall–Kier alpha value is -2.29. The third-order valence-electron chi connectivity index (χ3n) is 3.29. The number of benzene rings is 2. The first kappa shape index (κ1) is 12.7. The van der Waals surface area contributed by atoms with Gasteiger partial charge in [0.25, 0.3) is 0 Å². The van der Waals surface area contributed by atoms with Crippen molar-refractivity contribution < 1.29 is 9.47 Å². The number of ether oxygens (including phenoxy) is 2. The molecule has 0 N–H and O–H groups in total. The maximum atomic E-state index is 5.95. The van der Waals surface area contributed by atoms with E-state index in [1.165, 1.54) is 5.56 Å². The summed E-state index contributed by atoms with van der Waals surface area (Å²) in [6.07, 6.45) is 1.08. The zero-order chi connectivity index (χ0) is 13.8. The van der Waals surface area contributed by atoms with Crippen molar-refractivity contribution in [3.05, 3.63) is 65.7 Å². The van der Waals surface area contributed by atoms with Gasteiger partial charge in [-0.25, -0.2) is 0 Å². The van der Waals surface area contributed by atoms with Crippen molar-refractivity contribution >= 4 is 11.8 Å². The lowest BCUT2D eigenvalue weighted by Crippen LogP contribution is -2.14. The molecule has 1 atom stereocenters. The van der Waals surface area contributed by atoms with Gasteiger partial charge in [0.2, 0.25) is 0 Å². The summed E-state index contributed by atoms with van der Waals surface area (Å²) in [6, 6.07) is 18.3. The van der Waals surface area contributed by atoms with Crippen LogP contribution >= 0.6 is 0 Å². The predicted molar refractivity (Wildman–Crippen MR) is 79.1 cm³/mol. The van der Waals surface area contributed by atoms with Gasteiger partial charge in [0.1, 0.15) is 6.10 Å². The molecule has 20 heavy (non-hydrogen) atoms. The Bertz CT molecular complexity index is 607. The standard InChI is InChI=1S/C17H17NO2/c1-2-19-17-18-15-11-7-6-10-14(15)12-16(20-17)13-8-4-3-5-9-13/h3-11,16H,2,12H2,1H3. The topological polar surface area (TPSA) is 30.8 Å². The molecule has 2 aromatic rings. The Morgan fingerprint density at radius 1 is 1.10 bits per heavy atom. The van der Waals surface area contributed by atoms with Gasteiger partial charge in [-0.1, -0.05) is 48.5 Å². The molecule has 0 spiro atoms. The normalized spacial score (nSPS) is 17.4. The van der Waals surface area contributed by atoms with Gasteiger partial charge >= 0.3 is 6.08 Å². The number of hydrogen-bond donors (Lipinski definition) is 0. The van der Waals surface area contributed by atoms with Gasteiger partial charge < -0.3 is 9.47 Å². The quantitative estimate of drug-likeness (QED) is 0.822. The Labute approximate surface area is 118 Å². The van der Waals surface area contributed by atoms with Crippen molar-refractivity contribution in [2.24, 2.45) is 4.99 Å². The molecule has 0 bridgehead atoms. The average molecular weight is 267 g/mol. The minimum atomic E-state index is -0.0647. The van der Waals surface area contributed by atoms with Crippen LogP contribution in [0.4, 0.5) is 5.69 Å². The summed E-state index contributed by atoms with van der Waals surface area (Å²) in [5, 5.41) is 0. The molecule has 3 nitrogen and oxygen atoms in total. The molecule has 102 valence electrons. The first-order valence-electron chi connectivity index (χ1n) is 6.88. The summed E-state index contributed by atoms with van der Waals surface area (Å²) in [7, 11) is 0. The van der Waals surface area contributed by atoms with Crippen LogP contribution in [0, 0.1) is 0 Å². The highest BCUT2D eigenvalue weighted by molar-refractivity contribution is 5.73. The van der Waals surface area contributed by atoms with Crippen LogP contribution in [0.25, 0.3) is 0 Å². The smallest absolute Gasteiger partial charge is 0.389 e. The second-order valence-corrected chi connectivity index (χ2v) is 4.66. The van der Waals surface area contributed by atoms with Crippen LogP contribution in [-0.2, 0) is 15.9 Å². The molecule has 1 aliphatic heterocycles. The summed E-state index contributed by atoms with van der Waals surface area (Å²) >= 11 is 0. The van der Waals surface area contributed by atoms with Crippen LogP contribution in [0.2, 0.25) is 0 Å². The van der Waals surface area contributed by atoms with Crippen LogP contribution < -0.4 is 0 Å². The number of aliphatic imine (C=N–C) groups is 1. The summed E-state index contributed by atoms with van der Waals surface area (Å²) in [5.41, 5.74) is 3.24. The average Bonchev–Trinajstić information content (AvgIpc) is 2.67. The van der Waals surface area contributed by atoms with Crippen LogP contribution in [0.1, 0.15) is 24.2 Å². The molecule has 1 heterocycles. The zero-order valence-corrected chi connectivity index (χ0v) is 11.5. The summed E-state index contributed by atoms with van der Waals surface area (Å²) in [6.45, 7) is 2.47. The van der Waals surface area contributed by atoms with E-state index in [0.717, 1.165) is 17.7 Å². The van der Waals surface area contributed by atoms with E-state index in [-0.39, 0.29) is 6.10 Å². The molecule has 0 aliphatic carbocycles. The molecule has 2 aromatic carbocycles. The minimum absolute atomic E-state index is 0.0647. The van der Waals surface area contributed by atoms with Crippen LogP contribution in [0.3, 0.4) is 0 Å². The van der Waals surface area contributed by atoms with Crippen molar-refractivity contribution in [3.63, 3.8) is 0 Å². The van der Waals surface area contributed by atoms with Gasteiger partial charge in [0.15, 0.2) is 0 Å². The minimum Gasteiger partial charge on any atom is -0.451 e. The molecule has 0 fully saturated rings. The van der Waals surface area contributed by atoms with E-state index < -0.39 is 0 Å². The van der Waals surface area contributed by atoms with E-state index in [1.54, 1.807) is 0 Å². The van der Waals surface area contributed by atoms with E-state index in [0.29, 0.717) is 12.7 Å². The molecule has 1 unspecified atom stereocenters. The van der Waals surface area contributed by atoms with Gasteiger partial charge in [-0.05, 0) is 24.1 Å². The monoisotopic (exact) mass is 267 g/mol. The molecule has 0 saturated heterocycles. The van der Waals surface area contributed by atoms with E-state index in [2.05, 4.69) is 23.2 Å². The number of para-hydroxylation sites is 1. The molecule has 3 rings (SSSR count). The molecular formula is C17H17NO2. The van der Waals surface area contributed by atoms with Gasteiger partial charge in [0.05, 0.1) is 12.3 Å². The highest BCUT2D eigenvalue weighted by atomic mass is 16.7. The summed E-state index contributed by atoms with van der Waals surface area (Å²) in [5.74, 6) is 0. The fraction of sp³-hybridized carbons (Fsp3) is 0.235. The Morgan fingerprint density at radius 2 is 1.85 bits per heavy atom. The SMILES string of the molecule is CCOC1=Nc2ccccc2CC(c2ccccc2)O1. The number of rotatable bonds is 2. The van der Waals surface area contributed by atoms with Gasteiger partial charge in [0, 0.05) is 6.42 Å². The Kier molecular flexibility index (Phi) is 3.68. The third-order valence-corrected chi connectivity index (χ3v) is 3.29. The molecule has 3 heteroatoms. The van der Waals surface area contributed by atoms with Crippen LogP contribution in [0.5, 0.6) is 0 Å². The third kappa shape index (κ3) is 2.67. The van der Waals surface area contributed by atoms with Gasteiger partial charge in [-0.3, -0.25) is 0 Å². The first-order chi connectivity index (χ1) is 9.86. The second-order valence-electron chi connectivity index (χ2n) is 4.66. The lowest BCUT2D eigenvalue weighted by molar-refractivity contribution is 0.115. The maximum Gasteiger partial charge on any atom is 0.389 e. The van der Waals surface area contributed by atoms with E-state index in [9.17, 15) is 0 Å². The molecule has 0 radical (unpaired) electrons.